The average molecular weight is 386 g/mol. The maximum atomic E-state index is 6.11. The second-order valence-corrected chi connectivity index (χ2v) is 7.50. The van der Waals surface area contributed by atoms with Gasteiger partial charge in [-0.3, -0.25) is 14.7 Å². The van der Waals surface area contributed by atoms with Gasteiger partial charge in [-0.2, -0.15) is 10.2 Å². The molecule has 4 rings (SSSR count). The standard InChI is InChI=1S/C20H24ClN5O/c1-25-12-15(11-22-25)13-26-8-6-16(14-26)19-10-17(23-24-19)7-9-27-20-5-3-2-4-18(20)21/h2-5,10-12,16H,6-9,13-14H2,1H3,(H,23,24)/t16-/m1/s1. The topological polar surface area (TPSA) is 59.0 Å². The molecule has 1 aromatic carbocycles. The van der Waals surface area contributed by atoms with Crippen LogP contribution in [0.15, 0.2) is 42.7 Å². The monoisotopic (exact) mass is 385 g/mol. The zero-order valence-corrected chi connectivity index (χ0v) is 16.2. The summed E-state index contributed by atoms with van der Waals surface area (Å²) in [6.45, 7) is 3.66. The Balaban J connectivity index is 1.27. The number of aromatic amines is 1. The predicted molar refractivity (Wildman–Crippen MR) is 105 cm³/mol. The van der Waals surface area contributed by atoms with Gasteiger partial charge in [-0.25, -0.2) is 0 Å². The van der Waals surface area contributed by atoms with Crippen LogP contribution >= 0.6 is 11.6 Å². The highest BCUT2D eigenvalue weighted by atomic mass is 35.5. The van der Waals surface area contributed by atoms with Crippen molar-refractivity contribution in [2.45, 2.75) is 25.3 Å². The lowest BCUT2D eigenvalue weighted by Gasteiger charge is -2.13. The number of aromatic nitrogens is 4. The van der Waals surface area contributed by atoms with Crippen molar-refractivity contribution in [1.29, 1.82) is 0 Å². The van der Waals surface area contributed by atoms with Gasteiger partial charge in [-0.1, -0.05) is 23.7 Å². The maximum Gasteiger partial charge on any atom is 0.137 e. The molecule has 142 valence electrons. The van der Waals surface area contributed by atoms with E-state index in [1.54, 1.807) is 0 Å². The average Bonchev–Trinajstić information content (AvgIpc) is 3.38. The van der Waals surface area contributed by atoms with Crippen molar-refractivity contribution in [3.05, 3.63) is 64.7 Å². The molecule has 2 aromatic heterocycles. The van der Waals surface area contributed by atoms with E-state index in [4.69, 9.17) is 16.3 Å². The summed E-state index contributed by atoms with van der Waals surface area (Å²) in [5, 5.41) is 12.6. The fraction of sp³-hybridized carbons (Fsp3) is 0.400. The van der Waals surface area contributed by atoms with Crippen LogP contribution in [-0.2, 0) is 20.0 Å². The van der Waals surface area contributed by atoms with Crippen molar-refractivity contribution >= 4 is 11.6 Å². The fourth-order valence-corrected chi connectivity index (χ4v) is 3.77. The molecule has 6 nitrogen and oxygen atoms in total. The van der Waals surface area contributed by atoms with E-state index in [-0.39, 0.29) is 0 Å². The molecule has 0 saturated carbocycles. The number of nitrogens with zero attached hydrogens (tertiary/aromatic N) is 4. The molecule has 1 aliphatic rings. The van der Waals surface area contributed by atoms with Crippen molar-refractivity contribution in [3.8, 4) is 5.75 Å². The van der Waals surface area contributed by atoms with Crippen LogP contribution in [0, 0.1) is 0 Å². The van der Waals surface area contributed by atoms with E-state index in [2.05, 4.69) is 32.5 Å². The number of rotatable bonds is 7. The number of nitrogens with one attached hydrogen (secondary N) is 1. The lowest BCUT2D eigenvalue weighted by molar-refractivity contribution is 0.320. The molecule has 7 heteroatoms. The van der Waals surface area contributed by atoms with Crippen LogP contribution in [0.4, 0.5) is 0 Å². The lowest BCUT2D eigenvalue weighted by atomic mass is 10.0. The van der Waals surface area contributed by atoms with Gasteiger partial charge in [-0.15, -0.1) is 0 Å². The number of likely N-dealkylation sites (tertiary alicyclic amines) is 1. The van der Waals surface area contributed by atoms with Crippen molar-refractivity contribution < 1.29 is 4.74 Å². The summed E-state index contributed by atoms with van der Waals surface area (Å²) in [5.74, 6) is 1.21. The molecule has 0 amide bonds. The third kappa shape index (κ3) is 4.51. The third-order valence-corrected chi connectivity index (χ3v) is 5.28. The molecule has 1 N–H and O–H groups in total. The molecule has 3 heterocycles. The first-order valence-corrected chi connectivity index (χ1v) is 9.66. The Hall–Kier alpha value is -2.31. The van der Waals surface area contributed by atoms with E-state index in [1.807, 2.05) is 42.2 Å². The zero-order chi connectivity index (χ0) is 18.6. The minimum atomic E-state index is 0.483. The van der Waals surface area contributed by atoms with Crippen molar-refractivity contribution in [1.82, 2.24) is 24.9 Å². The van der Waals surface area contributed by atoms with E-state index < -0.39 is 0 Å². The minimum Gasteiger partial charge on any atom is -0.492 e. The summed E-state index contributed by atoms with van der Waals surface area (Å²) in [7, 11) is 1.96. The summed E-state index contributed by atoms with van der Waals surface area (Å²) in [4.78, 5) is 2.47. The van der Waals surface area contributed by atoms with Crippen molar-refractivity contribution in [2.75, 3.05) is 19.7 Å². The van der Waals surface area contributed by atoms with Crippen LogP contribution in [0.2, 0.25) is 5.02 Å². The Morgan fingerprint density at radius 3 is 3.04 bits per heavy atom. The third-order valence-electron chi connectivity index (χ3n) is 4.97. The van der Waals surface area contributed by atoms with Gasteiger partial charge in [0, 0.05) is 49.9 Å². The Morgan fingerprint density at radius 1 is 1.33 bits per heavy atom. The Bertz CT molecular complexity index is 890. The lowest BCUT2D eigenvalue weighted by Crippen LogP contribution is -2.19. The quantitative estimate of drug-likeness (QED) is 0.677. The van der Waals surface area contributed by atoms with Gasteiger partial charge in [-0.05, 0) is 31.2 Å². The first-order valence-electron chi connectivity index (χ1n) is 9.29. The largest absolute Gasteiger partial charge is 0.492 e. The Kier molecular flexibility index (Phi) is 5.45. The van der Waals surface area contributed by atoms with Gasteiger partial charge in [0.2, 0.25) is 0 Å². The van der Waals surface area contributed by atoms with Gasteiger partial charge in [0.25, 0.3) is 0 Å². The highest BCUT2D eigenvalue weighted by molar-refractivity contribution is 6.32. The number of H-pyrrole nitrogens is 1. The molecule has 0 bridgehead atoms. The normalized spacial score (nSPS) is 17.5. The van der Waals surface area contributed by atoms with Crippen LogP contribution in [-0.4, -0.2) is 44.6 Å². The summed E-state index contributed by atoms with van der Waals surface area (Å²) in [6, 6.07) is 9.72. The number of benzene rings is 1. The molecule has 0 aliphatic carbocycles. The summed E-state index contributed by atoms with van der Waals surface area (Å²) >= 11 is 6.11. The molecule has 27 heavy (non-hydrogen) atoms. The van der Waals surface area contributed by atoms with Crippen LogP contribution in [0.1, 0.15) is 29.3 Å². The van der Waals surface area contributed by atoms with Gasteiger partial charge in [0.15, 0.2) is 0 Å². The first kappa shape index (κ1) is 18.1. The number of hydrogen-bond acceptors (Lipinski definition) is 4. The van der Waals surface area contributed by atoms with Crippen LogP contribution in [0.5, 0.6) is 5.75 Å². The number of para-hydroxylation sites is 1. The van der Waals surface area contributed by atoms with Gasteiger partial charge in [0.1, 0.15) is 5.75 Å². The highest BCUT2D eigenvalue weighted by Crippen LogP contribution is 2.27. The number of aryl methyl sites for hydroxylation is 1. The van der Waals surface area contributed by atoms with E-state index in [0.717, 1.165) is 49.6 Å². The zero-order valence-electron chi connectivity index (χ0n) is 15.4. The van der Waals surface area contributed by atoms with Gasteiger partial charge in [0.05, 0.1) is 23.5 Å². The Labute approximate surface area is 164 Å². The summed E-state index contributed by atoms with van der Waals surface area (Å²) < 4.78 is 7.62. The van der Waals surface area contributed by atoms with Crippen LogP contribution < -0.4 is 4.74 Å². The molecule has 0 radical (unpaired) electrons. The highest BCUT2D eigenvalue weighted by Gasteiger charge is 2.26. The summed E-state index contributed by atoms with van der Waals surface area (Å²) in [6.07, 6.45) is 5.95. The minimum absolute atomic E-state index is 0.483. The van der Waals surface area contributed by atoms with E-state index in [0.29, 0.717) is 17.5 Å². The molecule has 1 atom stereocenters. The second-order valence-electron chi connectivity index (χ2n) is 7.09. The van der Waals surface area contributed by atoms with E-state index in [9.17, 15) is 0 Å². The van der Waals surface area contributed by atoms with E-state index >= 15 is 0 Å². The Morgan fingerprint density at radius 2 is 2.22 bits per heavy atom. The van der Waals surface area contributed by atoms with Crippen LogP contribution in [0.25, 0.3) is 0 Å². The smallest absolute Gasteiger partial charge is 0.137 e. The first-order chi connectivity index (χ1) is 13.2. The molecule has 1 saturated heterocycles. The van der Waals surface area contributed by atoms with Crippen molar-refractivity contribution in [3.63, 3.8) is 0 Å². The molecular formula is C20H24ClN5O. The molecule has 0 unspecified atom stereocenters. The maximum absolute atomic E-state index is 6.11. The van der Waals surface area contributed by atoms with Gasteiger partial charge < -0.3 is 4.74 Å². The van der Waals surface area contributed by atoms with Crippen LogP contribution in [0.3, 0.4) is 0 Å². The van der Waals surface area contributed by atoms with E-state index in [1.165, 1.54) is 5.56 Å². The molecule has 1 fully saturated rings. The molecule has 0 spiro atoms. The summed E-state index contributed by atoms with van der Waals surface area (Å²) in [5.41, 5.74) is 3.51. The molecular weight excluding hydrogens is 362 g/mol. The van der Waals surface area contributed by atoms with Gasteiger partial charge >= 0.3 is 0 Å². The predicted octanol–water partition coefficient (Wildman–Crippen LogP) is 3.41. The molecule has 3 aromatic rings. The number of ether oxygens (including phenoxy) is 1. The van der Waals surface area contributed by atoms with Crippen molar-refractivity contribution in [2.24, 2.45) is 7.05 Å². The number of halogens is 1. The fourth-order valence-electron chi connectivity index (χ4n) is 3.58. The molecule has 1 aliphatic heterocycles. The number of hydrogen-bond donors (Lipinski definition) is 1. The SMILES string of the molecule is Cn1cc(CN2CC[C@@H](c3cc(CCOc4ccccc4Cl)[nH]n3)C2)cn1. The second kappa shape index (κ2) is 8.15.